The number of nitrogens with two attached hydrogens (primary N) is 1. The largest absolute Gasteiger partial charge is 0.379 e. The number of primary amides is 1. The number of nitrogens with one attached hydrogen (secondary N) is 1. The molecule has 0 radical (unpaired) electrons. The van der Waals surface area contributed by atoms with E-state index in [1.807, 2.05) is 11.8 Å². The van der Waals surface area contributed by atoms with Crippen LogP contribution in [0.15, 0.2) is 18.2 Å². The van der Waals surface area contributed by atoms with E-state index < -0.39 is 5.91 Å². The molecule has 1 amide bonds. The fourth-order valence-electron chi connectivity index (χ4n) is 1.91. The average Bonchev–Trinajstić information content (AvgIpc) is 2.67. The lowest BCUT2D eigenvalue weighted by Crippen LogP contribution is -2.25. The van der Waals surface area contributed by atoms with Crippen LogP contribution in [0.5, 0.6) is 0 Å². The molecular formula is C12H15FN2OS. The number of amides is 1. The molecule has 2 unspecified atom stereocenters. The summed E-state index contributed by atoms with van der Waals surface area (Å²) < 4.78 is 13.6. The van der Waals surface area contributed by atoms with Crippen molar-refractivity contribution in [3.05, 3.63) is 29.6 Å². The number of carbonyl (C=O) groups is 1. The Morgan fingerprint density at radius 1 is 1.59 bits per heavy atom. The minimum atomic E-state index is -0.540. The van der Waals surface area contributed by atoms with Crippen LogP contribution in [0.1, 0.15) is 23.7 Å². The second-order valence-corrected chi connectivity index (χ2v) is 5.66. The van der Waals surface area contributed by atoms with Gasteiger partial charge in [0.2, 0.25) is 5.91 Å². The van der Waals surface area contributed by atoms with Crippen LogP contribution in [-0.4, -0.2) is 23.0 Å². The van der Waals surface area contributed by atoms with Gasteiger partial charge in [-0.1, -0.05) is 6.92 Å². The van der Waals surface area contributed by atoms with Crippen LogP contribution >= 0.6 is 11.8 Å². The second-order valence-electron chi connectivity index (χ2n) is 4.17. The first kappa shape index (κ1) is 12.2. The Kier molecular flexibility index (Phi) is 3.57. The van der Waals surface area contributed by atoms with Crippen molar-refractivity contribution in [2.75, 3.05) is 11.1 Å². The maximum atomic E-state index is 13.6. The van der Waals surface area contributed by atoms with E-state index in [1.54, 1.807) is 0 Å². The molecule has 1 fully saturated rings. The van der Waals surface area contributed by atoms with Crippen molar-refractivity contribution in [2.45, 2.75) is 24.6 Å². The van der Waals surface area contributed by atoms with Gasteiger partial charge in [0, 0.05) is 16.9 Å². The molecule has 17 heavy (non-hydrogen) atoms. The van der Waals surface area contributed by atoms with Crippen LogP contribution in [0.2, 0.25) is 0 Å². The Labute approximate surface area is 104 Å². The Balaban J connectivity index is 2.19. The van der Waals surface area contributed by atoms with E-state index in [2.05, 4.69) is 12.2 Å². The monoisotopic (exact) mass is 254 g/mol. The SMILES string of the molecule is CC1SCCC1Nc1cc(C(N)=O)ccc1F. The average molecular weight is 254 g/mol. The Hall–Kier alpha value is -1.23. The third-order valence-corrected chi connectivity index (χ3v) is 4.29. The van der Waals surface area contributed by atoms with Crippen molar-refractivity contribution in [1.82, 2.24) is 0 Å². The number of hydrogen-bond acceptors (Lipinski definition) is 3. The normalized spacial score (nSPS) is 23.6. The number of thioether (sulfide) groups is 1. The van der Waals surface area contributed by atoms with E-state index in [0.29, 0.717) is 16.5 Å². The highest BCUT2D eigenvalue weighted by atomic mass is 32.2. The van der Waals surface area contributed by atoms with Crippen LogP contribution < -0.4 is 11.1 Å². The molecule has 1 aromatic carbocycles. The van der Waals surface area contributed by atoms with Crippen molar-refractivity contribution in [3.63, 3.8) is 0 Å². The molecule has 0 aromatic heterocycles. The standard InChI is InChI=1S/C12H15FN2OS/c1-7-10(4-5-17-7)15-11-6-8(12(14)16)2-3-9(11)13/h2-3,6-7,10,15H,4-5H2,1H3,(H2,14,16). The van der Waals surface area contributed by atoms with Crippen LogP contribution in [-0.2, 0) is 0 Å². The van der Waals surface area contributed by atoms with Gasteiger partial charge in [-0.2, -0.15) is 11.8 Å². The zero-order valence-electron chi connectivity index (χ0n) is 9.57. The molecule has 1 aliphatic heterocycles. The highest BCUT2D eigenvalue weighted by molar-refractivity contribution is 8.00. The van der Waals surface area contributed by atoms with E-state index in [1.165, 1.54) is 18.2 Å². The molecule has 2 rings (SSSR count). The highest BCUT2D eigenvalue weighted by Crippen LogP contribution is 2.29. The molecule has 1 saturated heterocycles. The van der Waals surface area contributed by atoms with Gasteiger partial charge in [-0.05, 0) is 30.4 Å². The Morgan fingerprint density at radius 3 is 2.94 bits per heavy atom. The molecule has 1 aromatic rings. The molecular weight excluding hydrogens is 239 g/mol. The van der Waals surface area contributed by atoms with E-state index >= 15 is 0 Å². The molecule has 1 aliphatic rings. The predicted octanol–water partition coefficient (Wildman–Crippen LogP) is 2.23. The summed E-state index contributed by atoms with van der Waals surface area (Å²) in [6.07, 6.45) is 1.01. The van der Waals surface area contributed by atoms with Crippen LogP contribution in [0.25, 0.3) is 0 Å². The van der Waals surface area contributed by atoms with Gasteiger partial charge in [0.05, 0.1) is 5.69 Å². The van der Waals surface area contributed by atoms with Crippen LogP contribution in [0.4, 0.5) is 10.1 Å². The molecule has 2 atom stereocenters. The van der Waals surface area contributed by atoms with E-state index in [9.17, 15) is 9.18 Å². The van der Waals surface area contributed by atoms with Gasteiger partial charge < -0.3 is 11.1 Å². The first-order valence-electron chi connectivity index (χ1n) is 5.55. The van der Waals surface area contributed by atoms with Crippen molar-refractivity contribution < 1.29 is 9.18 Å². The lowest BCUT2D eigenvalue weighted by molar-refractivity contribution is 0.100. The summed E-state index contributed by atoms with van der Waals surface area (Å²) in [5.41, 5.74) is 5.86. The zero-order chi connectivity index (χ0) is 12.4. The molecule has 0 saturated carbocycles. The number of rotatable bonds is 3. The summed E-state index contributed by atoms with van der Waals surface area (Å²) in [5, 5.41) is 3.60. The first-order valence-corrected chi connectivity index (χ1v) is 6.60. The van der Waals surface area contributed by atoms with Crippen molar-refractivity contribution in [2.24, 2.45) is 5.73 Å². The third-order valence-electron chi connectivity index (χ3n) is 2.97. The lowest BCUT2D eigenvalue weighted by atomic mass is 10.1. The molecule has 3 nitrogen and oxygen atoms in total. The van der Waals surface area contributed by atoms with Gasteiger partial charge in [-0.25, -0.2) is 4.39 Å². The Morgan fingerprint density at radius 2 is 2.35 bits per heavy atom. The minimum Gasteiger partial charge on any atom is -0.379 e. The molecule has 5 heteroatoms. The maximum Gasteiger partial charge on any atom is 0.248 e. The summed E-state index contributed by atoms with van der Waals surface area (Å²) in [6, 6.07) is 4.40. The van der Waals surface area contributed by atoms with Gasteiger partial charge in [-0.3, -0.25) is 4.79 Å². The number of halogens is 1. The fraction of sp³-hybridized carbons (Fsp3) is 0.417. The van der Waals surface area contributed by atoms with E-state index in [4.69, 9.17) is 5.73 Å². The molecule has 0 spiro atoms. The van der Waals surface area contributed by atoms with Gasteiger partial charge in [-0.15, -0.1) is 0 Å². The van der Waals surface area contributed by atoms with Crippen LogP contribution in [0, 0.1) is 5.82 Å². The second kappa shape index (κ2) is 4.96. The number of benzene rings is 1. The van der Waals surface area contributed by atoms with Gasteiger partial charge >= 0.3 is 0 Å². The van der Waals surface area contributed by atoms with E-state index in [0.717, 1.165) is 12.2 Å². The van der Waals surface area contributed by atoms with Crippen molar-refractivity contribution in [1.29, 1.82) is 0 Å². The lowest BCUT2D eigenvalue weighted by Gasteiger charge is -2.18. The zero-order valence-corrected chi connectivity index (χ0v) is 10.4. The molecule has 92 valence electrons. The summed E-state index contributed by atoms with van der Waals surface area (Å²) in [5.74, 6) is 0.191. The van der Waals surface area contributed by atoms with Gasteiger partial charge in [0.25, 0.3) is 0 Å². The van der Waals surface area contributed by atoms with Crippen molar-refractivity contribution >= 4 is 23.4 Å². The minimum absolute atomic E-state index is 0.248. The molecule has 1 heterocycles. The van der Waals surface area contributed by atoms with Gasteiger partial charge in [0.15, 0.2) is 0 Å². The predicted molar refractivity (Wildman–Crippen MR) is 68.9 cm³/mol. The van der Waals surface area contributed by atoms with Gasteiger partial charge in [0.1, 0.15) is 5.82 Å². The summed E-state index contributed by atoms with van der Waals surface area (Å²) in [4.78, 5) is 11.0. The fourth-order valence-corrected chi connectivity index (χ4v) is 3.11. The molecule has 0 aliphatic carbocycles. The smallest absolute Gasteiger partial charge is 0.248 e. The van der Waals surface area contributed by atoms with Crippen LogP contribution in [0.3, 0.4) is 0 Å². The number of hydrogen-bond donors (Lipinski definition) is 2. The quantitative estimate of drug-likeness (QED) is 0.869. The number of anilines is 1. The maximum absolute atomic E-state index is 13.6. The molecule has 3 N–H and O–H groups in total. The van der Waals surface area contributed by atoms with Crippen molar-refractivity contribution in [3.8, 4) is 0 Å². The summed E-state index contributed by atoms with van der Waals surface area (Å²) >= 11 is 1.86. The third kappa shape index (κ3) is 2.72. The molecule has 0 bridgehead atoms. The topological polar surface area (TPSA) is 55.1 Å². The number of carbonyl (C=O) groups excluding carboxylic acids is 1. The summed E-state index contributed by atoms with van der Waals surface area (Å²) in [6.45, 7) is 2.12. The Bertz CT molecular complexity index is 439. The summed E-state index contributed by atoms with van der Waals surface area (Å²) in [7, 11) is 0. The highest BCUT2D eigenvalue weighted by Gasteiger charge is 2.24. The first-order chi connectivity index (χ1) is 8.08. The van der Waals surface area contributed by atoms with E-state index in [-0.39, 0.29) is 11.9 Å².